The third kappa shape index (κ3) is 1.57. The van der Waals surface area contributed by atoms with Crippen LogP contribution in [0.3, 0.4) is 0 Å². The maximum absolute atomic E-state index is 12.0. The van der Waals surface area contributed by atoms with Crippen LogP contribution in [0.25, 0.3) is 0 Å². The summed E-state index contributed by atoms with van der Waals surface area (Å²) in [4.78, 5) is 0. The van der Waals surface area contributed by atoms with E-state index in [4.69, 9.17) is 5.21 Å². The Hall–Kier alpha value is -0.360. The molecule has 0 aromatic heterocycles. The van der Waals surface area contributed by atoms with Gasteiger partial charge in [-0.2, -0.15) is 17.6 Å². The molecule has 6 heteroatoms. The first-order valence-corrected chi connectivity index (χ1v) is 2.38. The van der Waals surface area contributed by atoms with Crippen LogP contribution in [0, 0.1) is 0 Å². The monoisotopic (exact) mass is 161 g/mol. The van der Waals surface area contributed by atoms with E-state index in [9.17, 15) is 17.6 Å². The van der Waals surface area contributed by atoms with Gasteiger partial charge in [-0.3, -0.25) is 0 Å². The standard InChI is InChI=1S/C4H7F4NO/c1-3(5,6)4(7,8)9(2)10/h10H,1-2H3. The topological polar surface area (TPSA) is 23.5 Å². The molecule has 0 saturated heterocycles. The van der Waals surface area contributed by atoms with Crippen molar-refractivity contribution in [2.75, 3.05) is 7.05 Å². The highest BCUT2D eigenvalue weighted by atomic mass is 19.3. The van der Waals surface area contributed by atoms with Gasteiger partial charge in [-0.25, -0.2) is 0 Å². The fourth-order valence-corrected chi connectivity index (χ4v) is 0.284. The third-order valence-corrected chi connectivity index (χ3v) is 0.935. The van der Waals surface area contributed by atoms with Crippen LogP contribution in [0.4, 0.5) is 17.6 Å². The average Bonchev–Trinajstić information content (AvgIpc) is 1.62. The van der Waals surface area contributed by atoms with Crippen LogP contribution in [0.2, 0.25) is 0 Å². The predicted octanol–water partition coefficient (Wildman–Crippen LogP) is 1.56. The molecule has 0 aromatic carbocycles. The molecule has 0 saturated carbocycles. The molecule has 0 radical (unpaired) electrons. The molecule has 0 aliphatic heterocycles. The minimum absolute atomic E-state index is 0.0275. The Kier molecular flexibility index (Phi) is 2.27. The number of halogens is 4. The summed E-state index contributed by atoms with van der Waals surface area (Å²) < 4.78 is 47.6. The molecule has 62 valence electrons. The Labute approximate surface area is 55.0 Å². The van der Waals surface area contributed by atoms with Gasteiger partial charge in [0.25, 0.3) is 0 Å². The first-order valence-electron chi connectivity index (χ1n) is 2.38. The minimum atomic E-state index is -4.51. The van der Waals surface area contributed by atoms with Gasteiger partial charge in [0, 0.05) is 14.0 Å². The Balaban J connectivity index is 4.40. The number of rotatable bonds is 2. The highest BCUT2D eigenvalue weighted by molar-refractivity contribution is 4.74. The lowest BCUT2D eigenvalue weighted by atomic mass is 10.3. The Morgan fingerprint density at radius 3 is 1.50 bits per heavy atom. The van der Waals surface area contributed by atoms with Gasteiger partial charge in [-0.05, 0) is 0 Å². The Morgan fingerprint density at radius 1 is 1.20 bits per heavy atom. The summed E-state index contributed by atoms with van der Waals surface area (Å²) >= 11 is 0. The zero-order valence-corrected chi connectivity index (χ0v) is 5.41. The first kappa shape index (κ1) is 9.64. The van der Waals surface area contributed by atoms with Crippen molar-refractivity contribution in [1.82, 2.24) is 5.06 Å². The largest absolute Gasteiger partial charge is 0.387 e. The molecular formula is C4H7F4NO. The van der Waals surface area contributed by atoms with Gasteiger partial charge in [0.2, 0.25) is 0 Å². The van der Waals surface area contributed by atoms with Gasteiger partial charge >= 0.3 is 12.0 Å². The van der Waals surface area contributed by atoms with E-state index in [1.54, 1.807) is 0 Å². The fraction of sp³-hybridized carbons (Fsp3) is 1.00. The summed E-state index contributed by atoms with van der Waals surface area (Å²) in [5, 5.41) is 7.21. The second-order valence-corrected chi connectivity index (χ2v) is 1.95. The van der Waals surface area contributed by atoms with Gasteiger partial charge < -0.3 is 5.21 Å². The highest BCUT2D eigenvalue weighted by Gasteiger charge is 2.55. The lowest BCUT2D eigenvalue weighted by Crippen LogP contribution is -2.49. The van der Waals surface area contributed by atoms with Gasteiger partial charge in [0.15, 0.2) is 0 Å². The van der Waals surface area contributed by atoms with E-state index >= 15 is 0 Å². The Bertz CT molecular complexity index is 119. The summed E-state index contributed by atoms with van der Waals surface area (Å²) in [6, 6.07) is -4.51. The molecule has 0 rings (SSSR count). The normalized spacial score (nSPS) is 14.4. The van der Waals surface area contributed by atoms with Crippen LogP contribution in [0.1, 0.15) is 6.92 Å². The van der Waals surface area contributed by atoms with Gasteiger partial charge in [-0.1, -0.05) is 0 Å². The number of hydrogen-bond donors (Lipinski definition) is 1. The molecule has 0 amide bonds. The molecule has 10 heavy (non-hydrogen) atoms. The molecule has 0 spiro atoms. The van der Waals surface area contributed by atoms with Crippen molar-refractivity contribution < 1.29 is 22.8 Å². The van der Waals surface area contributed by atoms with Crippen LogP contribution in [-0.2, 0) is 0 Å². The van der Waals surface area contributed by atoms with Crippen molar-refractivity contribution in [2.45, 2.75) is 18.9 Å². The summed E-state index contributed by atoms with van der Waals surface area (Å²) in [6.07, 6.45) is 0. The Morgan fingerprint density at radius 2 is 1.50 bits per heavy atom. The molecule has 0 aliphatic rings. The second kappa shape index (κ2) is 2.35. The number of hydroxylamine groups is 2. The van der Waals surface area contributed by atoms with Gasteiger partial charge in [0.1, 0.15) is 0 Å². The van der Waals surface area contributed by atoms with E-state index in [-0.39, 0.29) is 6.92 Å². The van der Waals surface area contributed by atoms with E-state index < -0.39 is 17.0 Å². The summed E-state index contributed by atoms with van der Waals surface area (Å²) in [5.74, 6) is -4.24. The van der Waals surface area contributed by atoms with Crippen LogP contribution in [-0.4, -0.2) is 29.3 Å². The zero-order valence-electron chi connectivity index (χ0n) is 5.41. The highest BCUT2D eigenvalue weighted by Crippen LogP contribution is 2.34. The third-order valence-electron chi connectivity index (χ3n) is 0.935. The van der Waals surface area contributed by atoms with E-state index in [0.29, 0.717) is 7.05 Å². The van der Waals surface area contributed by atoms with E-state index in [1.165, 1.54) is 0 Å². The summed E-state index contributed by atoms with van der Waals surface area (Å²) in [5.41, 5.74) is 0. The molecule has 0 aromatic rings. The van der Waals surface area contributed by atoms with Crippen LogP contribution < -0.4 is 0 Å². The molecule has 0 bridgehead atoms. The van der Waals surface area contributed by atoms with Crippen molar-refractivity contribution in [2.24, 2.45) is 0 Å². The van der Waals surface area contributed by atoms with E-state index in [1.807, 2.05) is 0 Å². The van der Waals surface area contributed by atoms with Crippen molar-refractivity contribution in [3.05, 3.63) is 0 Å². The lowest BCUT2D eigenvalue weighted by Gasteiger charge is -2.26. The SMILES string of the molecule is CN(O)C(F)(F)C(C)(F)F. The number of alkyl halides is 4. The van der Waals surface area contributed by atoms with Gasteiger partial charge in [-0.15, -0.1) is 5.06 Å². The smallest absolute Gasteiger partial charge is 0.309 e. The molecule has 0 atom stereocenters. The van der Waals surface area contributed by atoms with Crippen molar-refractivity contribution >= 4 is 0 Å². The van der Waals surface area contributed by atoms with Crippen LogP contribution >= 0.6 is 0 Å². The summed E-state index contributed by atoms with van der Waals surface area (Å²) in [7, 11) is 0.456. The number of hydrogen-bond acceptors (Lipinski definition) is 2. The van der Waals surface area contributed by atoms with Crippen LogP contribution in [0.5, 0.6) is 0 Å². The quantitative estimate of drug-likeness (QED) is 0.377. The molecular weight excluding hydrogens is 154 g/mol. The lowest BCUT2D eigenvalue weighted by molar-refractivity contribution is -0.351. The molecule has 0 heterocycles. The molecule has 2 nitrogen and oxygen atoms in total. The van der Waals surface area contributed by atoms with Gasteiger partial charge in [0.05, 0.1) is 0 Å². The molecule has 0 unspecified atom stereocenters. The second-order valence-electron chi connectivity index (χ2n) is 1.95. The number of nitrogens with zero attached hydrogens (tertiary/aromatic N) is 1. The average molecular weight is 161 g/mol. The van der Waals surface area contributed by atoms with E-state index in [0.717, 1.165) is 0 Å². The maximum Gasteiger partial charge on any atom is 0.387 e. The molecule has 1 N–H and O–H groups in total. The zero-order chi connectivity index (χ0) is 8.58. The fourth-order valence-electron chi connectivity index (χ4n) is 0.284. The van der Waals surface area contributed by atoms with Crippen LogP contribution in [0.15, 0.2) is 0 Å². The van der Waals surface area contributed by atoms with Crippen molar-refractivity contribution in [3.63, 3.8) is 0 Å². The molecule has 0 fully saturated rings. The predicted molar refractivity (Wildman–Crippen MR) is 25.1 cm³/mol. The maximum atomic E-state index is 12.0. The summed E-state index contributed by atoms with van der Waals surface area (Å²) in [6.45, 7) is 0.0275. The minimum Gasteiger partial charge on any atom is -0.309 e. The van der Waals surface area contributed by atoms with E-state index in [2.05, 4.69) is 0 Å². The first-order chi connectivity index (χ1) is 4.19. The van der Waals surface area contributed by atoms with Crippen molar-refractivity contribution in [1.29, 1.82) is 0 Å². The molecule has 0 aliphatic carbocycles. The van der Waals surface area contributed by atoms with Crippen molar-refractivity contribution in [3.8, 4) is 0 Å².